The number of hydrogen-bond acceptors (Lipinski definition) is 4. The summed E-state index contributed by atoms with van der Waals surface area (Å²) in [6.45, 7) is 1.70. The fourth-order valence-corrected chi connectivity index (χ4v) is 5.75. The molecular weight excluding hydrogens is 535 g/mol. The monoisotopic (exact) mass is 565 g/mol. The molecule has 0 saturated heterocycles. The molecule has 1 aromatic heterocycles. The summed E-state index contributed by atoms with van der Waals surface area (Å²) >= 11 is 0. The molecule has 5 rings (SSSR count). The fourth-order valence-electron chi connectivity index (χ4n) is 5.75. The first-order valence-corrected chi connectivity index (χ1v) is 13.5. The number of rotatable bonds is 8. The van der Waals surface area contributed by atoms with Crippen LogP contribution in [0.5, 0.6) is 0 Å². The zero-order valence-corrected chi connectivity index (χ0v) is 22.7. The number of carboxylic acids is 1. The van der Waals surface area contributed by atoms with Crippen LogP contribution in [0.1, 0.15) is 71.6 Å². The van der Waals surface area contributed by atoms with Gasteiger partial charge in [-0.15, -0.1) is 0 Å². The van der Waals surface area contributed by atoms with Gasteiger partial charge in [0.25, 0.3) is 0 Å². The summed E-state index contributed by atoms with van der Waals surface area (Å²) in [5.74, 6) is -3.98. The fraction of sp³-hybridized carbons (Fsp3) is 0.323. The zero-order chi connectivity index (χ0) is 29.3. The van der Waals surface area contributed by atoms with E-state index in [9.17, 15) is 27.9 Å². The molecule has 1 aliphatic rings. The minimum Gasteiger partial charge on any atom is -0.478 e. The Morgan fingerprint density at radius 3 is 2.32 bits per heavy atom. The van der Waals surface area contributed by atoms with Gasteiger partial charge in [0.1, 0.15) is 23.8 Å². The number of benzene rings is 3. The van der Waals surface area contributed by atoms with E-state index in [0.717, 1.165) is 44.2 Å². The van der Waals surface area contributed by atoms with Crippen molar-refractivity contribution in [3.63, 3.8) is 0 Å². The van der Waals surface area contributed by atoms with E-state index in [1.165, 1.54) is 49.6 Å². The van der Waals surface area contributed by atoms with Gasteiger partial charge in [-0.25, -0.2) is 22.9 Å². The van der Waals surface area contributed by atoms with Crippen LogP contribution in [0.4, 0.5) is 18.9 Å². The molecule has 10 heteroatoms. The third-order valence-electron chi connectivity index (χ3n) is 7.78. The normalized spacial score (nSPS) is 15.5. The highest BCUT2D eigenvalue weighted by Crippen LogP contribution is 2.40. The number of carbonyl (C=O) groups is 2. The minimum absolute atomic E-state index is 0.0898. The number of imidazole rings is 1. The summed E-state index contributed by atoms with van der Waals surface area (Å²) < 4.78 is 50.2. The van der Waals surface area contributed by atoms with Crippen molar-refractivity contribution in [2.24, 2.45) is 5.92 Å². The van der Waals surface area contributed by atoms with Gasteiger partial charge in [0, 0.05) is 24.9 Å². The molecule has 2 atom stereocenters. The number of ether oxygens (including phenoxy) is 1. The molecule has 0 radical (unpaired) electrons. The summed E-state index contributed by atoms with van der Waals surface area (Å²) in [4.78, 5) is 30.2. The van der Waals surface area contributed by atoms with E-state index in [4.69, 9.17) is 4.74 Å². The first-order chi connectivity index (χ1) is 19.7. The zero-order valence-electron chi connectivity index (χ0n) is 22.7. The second-order valence-corrected chi connectivity index (χ2v) is 10.4. The number of carboxylic acid groups (broad SMARTS) is 1. The molecule has 0 spiro atoms. The molecule has 3 aromatic carbocycles. The van der Waals surface area contributed by atoms with Gasteiger partial charge in [0.2, 0.25) is 5.91 Å². The molecule has 0 aliphatic heterocycles. The molecule has 41 heavy (non-hydrogen) atoms. The second-order valence-electron chi connectivity index (χ2n) is 10.4. The number of amides is 1. The van der Waals surface area contributed by atoms with Crippen LogP contribution in [0.25, 0.3) is 11.0 Å². The Kier molecular flexibility index (Phi) is 8.12. The number of nitrogens with zero attached hydrogens (tertiary/aromatic N) is 2. The van der Waals surface area contributed by atoms with Crippen molar-refractivity contribution in [1.29, 1.82) is 0 Å². The summed E-state index contributed by atoms with van der Waals surface area (Å²) in [6.07, 6.45) is 3.41. The predicted molar refractivity (Wildman–Crippen MR) is 147 cm³/mol. The smallest absolute Gasteiger partial charge is 0.335 e. The SMILES string of the molecule is COC(c1ccc(F)cc1)c1nc2cc(F)c(F)cc2n1C(C(=O)Nc1ccc(C(=O)O)cc1C)C1CCCCC1. The maximum atomic E-state index is 14.7. The minimum atomic E-state index is -1.08. The van der Waals surface area contributed by atoms with Crippen molar-refractivity contribution >= 4 is 28.6 Å². The lowest BCUT2D eigenvalue weighted by atomic mass is 9.83. The van der Waals surface area contributed by atoms with Crippen molar-refractivity contribution < 1.29 is 32.6 Å². The van der Waals surface area contributed by atoms with Gasteiger partial charge in [-0.1, -0.05) is 31.4 Å². The van der Waals surface area contributed by atoms with E-state index in [-0.39, 0.29) is 28.3 Å². The van der Waals surface area contributed by atoms with E-state index in [1.807, 2.05) is 0 Å². The second kappa shape index (κ2) is 11.7. The van der Waals surface area contributed by atoms with Gasteiger partial charge < -0.3 is 19.7 Å². The molecular formula is C31H30F3N3O4. The van der Waals surface area contributed by atoms with Gasteiger partial charge >= 0.3 is 5.97 Å². The Morgan fingerprint density at radius 1 is 1.00 bits per heavy atom. The van der Waals surface area contributed by atoms with Gasteiger partial charge in [-0.05, 0) is 67.1 Å². The lowest BCUT2D eigenvalue weighted by Crippen LogP contribution is -2.35. The van der Waals surface area contributed by atoms with Crippen molar-refractivity contribution in [3.8, 4) is 0 Å². The first-order valence-electron chi connectivity index (χ1n) is 13.5. The highest BCUT2D eigenvalue weighted by atomic mass is 19.2. The van der Waals surface area contributed by atoms with E-state index < -0.39 is 41.5 Å². The van der Waals surface area contributed by atoms with Crippen LogP contribution in [0.15, 0.2) is 54.6 Å². The summed E-state index contributed by atoms with van der Waals surface area (Å²) in [6, 6.07) is 11.2. The Labute approximate surface area is 235 Å². The number of methoxy groups -OCH3 is 1. The average Bonchev–Trinajstić information content (AvgIpc) is 3.29. The number of hydrogen-bond donors (Lipinski definition) is 2. The standard InChI is InChI=1S/C31H30F3N3O4/c1-17-14-20(31(39)40)10-13-24(17)36-30(38)27(18-6-4-3-5-7-18)37-26-16-23(34)22(33)15-25(26)35-29(37)28(41-2)19-8-11-21(32)12-9-19/h8-16,18,27-28H,3-7H2,1-2H3,(H,36,38)(H,39,40). The Hall–Kier alpha value is -4.18. The maximum absolute atomic E-state index is 14.7. The number of anilines is 1. The third-order valence-corrected chi connectivity index (χ3v) is 7.78. The Bertz CT molecular complexity index is 1600. The quantitative estimate of drug-likeness (QED) is 0.241. The maximum Gasteiger partial charge on any atom is 0.335 e. The summed E-state index contributed by atoms with van der Waals surface area (Å²) in [5, 5.41) is 12.3. The Morgan fingerprint density at radius 2 is 1.68 bits per heavy atom. The molecule has 1 aliphatic carbocycles. The molecule has 4 aromatic rings. The predicted octanol–water partition coefficient (Wildman–Crippen LogP) is 6.96. The van der Waals surface area contributed by atoms with Gasteiger partial charge in [0.05, 0.1) is 16.6 Å². The molecule has 7 nitrogen and oxygen atoms in total. The number of carbonyl (C=O) groups excluding carboxylic acids is 1. The van der Waals surface area contributed by atoms with Crippen LogP contribution in [0.2, 0.25) is 0 Å². The van der Waals surface area contributed by atoms with Gasteiger partial charge in [-0.3, -0.25) is 4.79 Å². The van der Waals surface area contributed by atoms with Crippen LogP contribution < -0.4 is 5.32 Å². The van der Waals surface area contributed by atoms with Crippen LogP contribution in [0, 0.1) is 30.3 Å². The van der Waals surface area contributed by atoms with Crippen molar-refractivity contribution in [2.75, 3.05) is 12.4 Å². The number of fused-ring (bicyclic) bond motifs is 1. The molecule has 2 unspecified atom stereocenters. The van der Waals surface area contributed by atoms with Gasteiger partial charge in [0.15, 0.2) is 11.6 Å². The third kappa shape index (κ3) is 5.69. The van der Waals surface area contributed by atoms with E-state index in [0.29, 0.717) is 16.8 Å². The molecule has 1 saturated carbocycles. The molecule has 1 amide bonds. The first kappa shape index (κ1) is 28.4. The van der Waals surface area contributed by atoms with Crippen molar-refractivity contribution in [2.45, 2.75) is 51.2 Å². The Balaban J connectivity index is 1.68. The van der Waals surface area contributed by atoms with Crippen LogP contribution in [-0.4, -0.2) is 33.6 Å². The van der Waals surface area contributed by atoms with Crippen LogP contribution >= 0.6 is 0 Å². The van der Waals surface area contributed by atoms with Gasteiger partial charge in [-0.2, -0.15) is 0 Å². The number of aryl methyl sites for hydroxylation is 1. The van der Waals surface area contributed by atoms with Crippen molar-refractivity contribution in [1.82, 2.24) is 9.55 Å². The lowest BCUT2D eigenvalue weighted by Gasteiger charge is -2.33. The molecule has 0 bridgehead atoms. The van der Waals surface area contributed by atoms with Crippen LogP contribution in [-0.2, 0) is 9.53 Å². The number of nitrogens with one attached hydrogen (secondary N) is 1. The molecule has 214 valence electrons. The topological polar surface area (TPSA) is 93.5 Å². The highest BCUT2D eigenvalue weighted by Gasteiger charge is 2.36. The number of halogens is 3. The van der Waals surface area contributed by atoms with E-state index >= 15 is 0 Å². The lowest BCUT2D eigenvalue weighted by molar-refractivity contribution is -0.121. The van der Waals surface area contributed by atoms with E-state index in [1.54, 1.807) is 11.5 Å². The molecule has 1 fully saturated rings. The largest absolute Gasteiger partial charge is 0.478 e. The summed E-state index contributed by atoms with van der Waals surface area (Å²) in [5.41, 5.74) is 2.02. The molecule has 2 N–H and O–H groups in total. The summed E-state index contributed by atoms with van der Waals surface area (Å²) in [7, 11) is 1.45. The van der Waals surface area contributed by atoms with E-state index in [2.05, 4.69) is 10.3 Å². The number of aromatic nitrogens is 2. The average molecular weight is 566 g/mol. The number of aromatic carboxylic acids is 1. The van der Waals surface area contributed by atoms with Crippen LogP contribution in [0.3, 0.4) is 0 Å². The molecule has 1 heterocycles. The highest BCUT2D eigenvalue weighted by molar-refractivity contribution is 5.97. The van der Waals surface area contributed by atoms with Crippen molar-refractivity contribution in [3.05, 3.63) is 94.6 Å².